The molecule has 0 saturated carbocycles. The van der Waals surface area contributed by atoms with Crippen LogP contribution in [0.3, 0.4) is 0 Å². The van der Waals surface area contributed by atoms with Gasteiger partial charge in [-0.05, 0) is 28.8 Å². The molecule has 1 aromatic rings. The molecular formula is C11H13N3O4S. The number of nitrogens with zero attached hydrogens (tertiary/aromatic N) is 2. The zero-order valence-corrected chi connectivity index (χ0v) is 10.9. The summed E-state index contributed by atoms with van der Waals surface area (Å²) in [5, 5.41) is 10.4. The monoisotopic (exact) mass is 283 g/mol. The summed E-state index contributed by atoms with van der Waals surface area (Å²) >= 11 is 0. The number of nitro groups is 1. The van der Waals surface area contributed by atoms with Crippen molar-refractivity contribution in [3.63, 3.8) is 0 Å². The molecule has 0 atom stereocenters. The molecular weight excluding hydrogens is 270 g/mol. The summed E-state index contributed by atoms with van der Waals surface area (Å²) in [4.78, 5) is 13.1. The maximum absolute atomic E-state index is 11.8. The van der Waals surface area contributed by atoms with Crippen molar-refractivity contribution < 1.29 is 13.3 Å². The van der Waals surface area contributed by atoms with Crippen LogP contribution in [0.2, 0.25) is 0 Å². The van der Waals surface area contributed by atoms with Gasteiger partial charge in [-0.3, -0.25) is 0 Å². The fourth-order valence-electron chi connectivity index (χ4n) is 1.28. The van der Waals surface area contributed by atoms with E-state index in [1.165, 1.54) is 0 Å². The lowest BCUT2D eigenvalue weighted by atomic mass is 10.2. The third kappa shape index (κ3) is 4.65. The second kappa shape index (κ2) is 6.82. The molecule has 0 fully saturated rings. The molecule has 0 aliphatic heterocycles. The lowest BCUT2D eigenvalue weighted by Crippen LogP contribution is -2.24. The van der Waals surface area contributed by atoms with Gasteiger partial charge in [0, 0.05) is 19.0 Å². The minimum Gasteiger partial charge on any atom is -0.358 e. The van der Waals surface area contributed by atoms with Crippen LogP contribution in [0.1, 0.15) is 19.3 Å². The number of hydrogen-bond acceptors (Lipinski definition) is 5. The van der Waals surface area contributed by atoms with Crippen molar-refractivity contribution in [1.29, 1.82) is 0 Å². The van der Waals surface area contributed by atoms with E-state index in [0.29, 0.717) is 12.8 Å². The molecule has 1 rings (SSSR count). The molecule has 0 amide bonds. The zero-order valence-electron chi connectivity index (χ0n) is 10.1. The molecule has 8 heteroatoms. The van der Waals surface area contributed by atoms with Crippen LogP contribution in [-0.4, -0.2) is 24.9 Å². The molecule has 0 aliphatic rings. The minimum absolute atomic E-state index is 0.102. The first kappa shape index (κ1) is 15.1. The van der Waals surface area contributed by atoms with Crippen LogP contribution < -0.4 is 4.72 Å². The Bertz CT molecular complexity index is 575. The normalized spacial score (nSPS) is 10.9. The molecule has 1 heterocycles. The third-order valence-corrected chi connectivity index (χ3v) is 3.70. The highest BCUT2D eigenvalue weighted by Gasteiger charge is 2.17. The van der Waals surface area contributed by atoms with Gasteiger partial charge < -0.3 is 10.1 Å². The lowest BCUT2D eigenvalue weighted by Gasteiger charge is -2.04. The second-order valence-electron chi connectivity index (χ2n) is 3.67. The Balaban J connectivity index is 2.62. The number of hydrogen-bond donors (Lipinski definition) is 1. The van der Waals surface area contributed by atoms with Gasteiger partial charge in [0.1, 0.15) is 4.90 Å². The van der Waals surface area contributed by atoms with Crippen molar-refractivity contribution in [2.45, 2.75) is 24.2 Å². The Morgan fingerprint density at radius 2 is 2.16 bits per heavy atom. The average Bonchev–Trinajstić information content (AvgIpc) is 2.38. The Kier molecular flexibility index (Phi) is 5.41. The van der Waals surface area contributed by atoms with Gasteiger partial charge in [-0.15, -0.1) is 12.3 Å². The fourth-order valence-corrected chi connectivity index (χ4v) is 2.30. The molecule has 1 aromatic heterocycles. The zero-order chi connectivity index (χ0) is 14.3. The maximum atomic E-state index is 11.8. The highest BCUT2D eigenvalue weighted by Crippen LogP contribution is 2.12. The molecule has 7 nitrogen and oxygen atoms in total. The van der Waals surface area contributed by atoms with Gasteiger partial charge in [-0.25, -0.2) is 13.1 Å². The summed E-state index contributed by atoms with van der Waals surface area (Å²) in [5.41, 5.74) is 0. The van der Waals surface area contributed by atoms with E-state index < -0.39 is 20.8 Å². The molecule has 0 aromatic carbocycles. The number of nitrogens with one attached hydrogen (secondary N) is 1. The molecule has 0 unspecified atom stereocenters. The Labute approximate surface area is 111 Å². The number of aromatic nitrogens is 1. The second-order valence-corrected chi connectivity index (χ2v) is 5.44. The predicted octanol–water partition coefficient (Wildman–Crippen LogP) is 1.07. The van der Waals surface area contributed by atoms with Crippen molar-refractivity contribution in [1.82, 2.24) is 9.71 Å². The molecule has 0 aliphatic carbocycles. The van der Waals surface area contributed by atoms with E-state index in [-0.39, 0.29) is 11.4 Å². The van der Waals surface area contributed by atoms with Crippen LogP contribution in [0, 0.1) is 22.5 Å². The molecule has 102 valence electrons. The predicted molar refractivity (Wildman–Crippen MR) is 68.8 cm³/mol. The van der Waals surface area contributed by atoms with E-state index in [1.807, 2.05) is 0 Å². The summed E-state index contributed by atoms with van der Waals surface area (Å²) in [6.45, 7) is 0.265. The fraction of sp³-hybridized carbons (Fsp3) is 0.364. The first-order chi connectivity index (χ1) is 8.97. The third-order valence-electron chi connectivity index (χ3n) is 2.26. The molecule has 1 N–H and O–H groups in total. The summed E-state index contributed by atoms with van der Waals surface area (Å²) < 4.78 is 25.9. The summed E-state index contributed by atoms with van der Waals surface area (Å²) in [6.07, 6.45) is 7.99. The summed E-state index contributed by atoms with van der Waals surface area (Å²) in [5.74, 6) is 2.07. The Hall–Kier alpha value is -1.98. The first-order valence-corrected chi connectivity index (χ1v) is 6.99. The van der Waals surface area contributed by atoms with Gasteiger partial charge in [-0.2, -0.15) is 0 Å². The van der Waals surface area contributed by atoms with Crippen molar-refractivity contribution in [2.24, 2.45) is 0 Å². The smallest absolute Gasteiger partial charge is 0.358 e. The number of unbranched alkanes of at least 4 members (excludes halogenated alkanes) is 2. The van der Waals surface area contributed by atoms with E-state index in [9.17, 15) is 18.5 Å². The first-order valence-electron chi connectivity index (χ1n) is 5.51. The molecule has 19 heavy (non-hydrogen) atoms. The van der Waals surface area contributed by atoms with E-state index in [0.717, 1.165) is 24.8 Å². The average molecular weight is 283 g/mol. The van der Waals surface area contributed by atoms with E-state index in [2.05, 4.69) is 15.6 Å². The van der Waals surface area contributed by atoms with Gasteiger partial charge >= 0.3 is 5.82 Å². The quantitative estimate of drug-likeness (QED) is 0.349. The van der Waals surface area contributed by atoms with Gasteiger partial charge in [-0.1, -0.05) is 0 Å². The van der Waals surface area contributed by atoms with Crippen LogP contribution in [0.15, 0.2) is 23.2 Å². The van der Waals surface area contributed by atoms with Crippen molar-refractivity contribution >= 4 is 15.8 Å². The standard InChI is InChI=1S/C11H13N3O4S/c1-2-3-4-5-8-13-19(17,18)10-6-7-11(12-9-10)14(15)16/h1,6-7,9,13H,3-5,8H2. The Morgan fingerprint density at radius 3 is 2.68 bits per heavy atom. The van der Waals surface area contributed by atoms with Crippen molar-refractivity contribution in [2.75, 3.05) is 6.54 Å². The van der Waals surface area contributed by atoms with Crippen molar-refractivity contribution in [3.8, 4) is 12.3 Å². The minimum atomic E-state index is -3.68. The van der Waals surface area contributed by atoms with Crippen molar-refractivity contribution in [3.05, 3.63) is 28.4 Å². The van der Waals surface area contributed by atoms with Crippen LogP contribution in [0.4, 0.5) is 5.82 Å². The summed E-state index contributed by atoms with van der Waals surface area (Å²) in [6, 6.07) is 2.20. The van der Waals surface area contributed by atoms with E-state index >= 15 is 0 Å². The van der Waals surface area contributed by atoms with Crippen LogP contribution in [0.25, 0.3) is 0 Å². The number of pyridine rings is 1. The van der Waals surface area contributed by atoms with Gasteiger partial charge in [0.05, 0.1) is 0 Å². The highest BCUT2D eigenvalue weighted by molar-refractivity contribution is 7.89. The van der Waals surface area contributed by atoms with Crippen LogP contribution in [-0.2, 0) is 10.0 Å². The molecule has 0 radical (unpaired) electrons. The lowest BCUT2D eigenvalue weighted by molar-refractivity contribution is -0.389. The number of sulfonamides is 1. The maximum Gasteiger partial charge on any atom is 0.363 e. The highest BCUT2D eigenvalue weighted by atomic mass is 32.2. The topological polar surface area (TPSA) is 102 Å². The molecule has 0 spiro atoms. The van der Waals surface area contributed by atoms with E-state index in [4.69, 9.17) is 6.42 Å². The van der Waals surface area contributed by atoms with E-state index in [1.54, 1.807) is 0 Å². The number of rotatable bonds is 7. The van der Waals surface area contributed by atoms with Crippen LogP contribution >= 0.6 is 0 Å². The SMILES string of the molecule is C#CCCCCNS(=O)(=O)c1ccc([N+](=O)[O-])nc1. The number of terminal acetylenes is 1. The summed E-state index contributed by atoms with van der Waals surface area (Å²) in [7, 11) is -3.68. The van der Waals surface area contributed by atoms with Crippen LogP contribution in [0.5, 0.6) is 0 Å². The Morgan fingerprint density at radius 1 is 1.42 bits per heavy atom. The molecule has 0 bridgehead atoms. The van der Waals surface area contributed by atoms with Gasteiger partial charge in [0.2, 0.25) is 10.0 Å². The van der Waals surface area contributed by atoms with Gasteiger partial charge in [0.25, 0.3) is 0 Å². The molecule has 0 saturated heterocycles. The van der Waals surface area contributed by atoms with Gasteiger partial charge in [0.15, 0.2) is 6.20 Å². The largest absolute Gasteiger partial charge is 0.363 e.